The van der Waals surface area contributed by atoms with Crippen LogP contribution in [0.2, 0.25) is 0 Å². The van der Waals surface area contributed by atoms with Crippen LogP contribution in [-0.2, 0) is 47.8 Å². The summed E-state index contributed by atoms with van der Waals surface area (Å²) in [6.45, 7) is 27.2. The number of alkyl halides is 9. The third-order valence-corrected chi connectivity index (χ3v) is 20.7. The van der Waals surface area contributed by atoms with Crippen molar-refractivity contribution in [1.82, 2.24) is 26.1 Å². The summed E-state index contributed by atoms with van der Waals surface area (Å²) in [6, 6.07) is 44.3. The second-order valence-electron chi connectivity index (χ2n) is 33.9. The molecule has 4 amide bonds. The van der Waals surface area contributed by atoms with Crippen LogP contribution < -0.4 is 164 Å². The number of halogens is 14. The SMILES string of the molecule is C#CC1(O)CCCCC1.CCOC(=O)C(F)(F)F.CCOC(C)=O.C[C@@H](CN)Oc1cccc(C#CC2(O)CCCCC2)c1.C[C@@H](CNC(=O)C(F)(F)F)Oc1cccc(C#CC2(O)CCCCC2)c1.C[C@@H](CNC(=O)C(F)(F)F)Oc1cccc(I)c1.C[C@@H](CNC(=O)OC(C)(C)C)Oc1cccc(I)c1.C[C@@H](CNCl)Oc1cccc(I)c1.C[C@@H](O)CNC(=O)OC(C)(C)C.O=CO[O-].Oc1cccc(I)c1.[H-].[K+].[K+]. The van der Waals surface area contributed by atoms with E-state index in [4.69, 9.17) is 77.4 Å². The Kier molecular flexibility index (Phi) is 80.4. The first-order valence-electron chi connectivity index (χ1n) is 45.5. The molecule has 6 aromatic rings. The zero-order chi connectivity index (χ0) is 110. The van der Waals surface area contributed by atoms with E-state index in [1.165, 1.54) is 30.3 Å². The number of ether oxygens (including phenoxy) is 9. The van der Waals surface area contributed by atoms with Gasteiger partial charge in [-0.15, -0.1) is 6.42 Å². The van der Waals surface area contributed by atoms with Crippen LogP contribution in [0, 0.1) is 50.3 Å². The van der Waals surface area contributed by atoms with E-state index in [0.717, 1.165) is 104 Å². The fourth-order valence-electron chi connectivity index (χ4n) is 11.2. The van der Waals surface area contributed by atoms with E-state index in [0.29, 0.717) is 61.9 Å². The number of carbonyl (C=O) groups excluding carboxylic acids is 7. The van der Waals surface area contributed by atoms with Gasteiger partial charge in [0.25, 0.3) is 6.47 Å². The van der Waals surface area contributed by atoms with Gasteiger partial charge in [0.15, 0.2) is 0 Å². The van der Waals surface area contributed by atoms with Gasteiger partial charge in [0, 0.05) is 52.0 Å². The van der Waals surface area contributed by atoms with Crippen molar-refractivity contribution in [3.8, 4) is 70.5 Å². The number of phenols is 1. The van der Waals surface area contributed by atoms with Gasteiger partial charge >= 0.3 is 157 Å². The molecular weight excluding hydrogens is 2460 g/mol. The van der Waals surface area contributed by atoms with Gasteiger partial charge in [-0.2, -0.15) is 39.5 Å². The van der Waals surface area contributed by atoms with Crippen LogP contribution in [-0.4, -0.2) is 204 Å². The first-order chi connectivity index (χ1) is 67.1. The van der Waals surface area contributed by atoms with E-state index in [1.54, 1.807) is 114 Å². The number of terminal acetylenes is 1. The van der Waals surface area contributed by atoms with Crippen molar-refractivity contribution in [2.75, 3.05) is 52.5 Å². The second kappa shape index (κ2) is 80.1. The molecule has 0 spiro atoms. The van der Waals surface area contributed by atoms with Gasteiger partial charge in [0.1, 0.15) is 93.0 Å². The summed E-state index contributed by atoms with van der Waals surface area (Å²) in [6.07, 6.45) is 1.99. The Morgan fingerprint density at radius 1 is 0.473 bits per heavy atom. The molecule has 45 heteroatoms. The minimum absolute atomic E-state index is 0. The van der Waals surface area contributed by atoms with Gasteiger partial charge in [-0.25, -0.2) is 19.2 Å². The number of nitrogens with two attached hydrogens (primary N) is 1. The summed E-state index contributed by atoms with van der Waals surface area (Å²) < 4.78 is 156. The quantitative estimate of drug-likeness (QED) is 0.00256. The van der Waals surface area contributed by atoms with Crippen LogP contribution in [0.15, 0.2) is 146 Å². The van der Waals surface area contributed by atoms with Gasteiger partial charge in [-0.3, -0.25) is 19.2 Å². The first kappa shape index (κ1) is 147. The summed E-state index contributed by atoms with van der Waals surface area (Å²) in [4.78, 5) is 77.1. The van der Waals surface area contributed by atoms with Gasteiger partial charge < -0.3 is 107 Å². The van der Waals surface area contributed by atoms with Gasteiger partial charge in [-0.1, -0.05) is 85.3 Å². The number of esters is 2. The smallest absolute Gasteiger partial charge is 1.00 e. The molecule has 29 nitrogen and oxygen atoms in total. The third-order valence-electron chi connectivity index (χ3n) is 17.8. The average molecular weight is 2590 g/mol. The molecule has 3 fully saturated rings. The monoisotopic (exact) mass is 2590 g/mol. The van der Waals surface area contributed by atoms with Crippen molar-refractivity contribution in [2.45, 2.75) is 283 Å². The number of phenolic OH excluding ortho intramolecular Hbond substituents is 1. The Hall–Kier alpha value is -5.74. The van der Waals surface area contributed by atoms with Crippen molar-refractivity contribution in [2.24, 2.45) is 5.73 Å². The molecule has 146 heavy (non-hydrogen) atoms. The number of aliphatic hydroxyl groups is 4. The minimum Gasteiger partial charge on any atom is -1.00 e. The molecular formula is C101H136ClF9I4K2N6O23. The van der Waals surface area contributed by atoms with E-state index in [9.17, 15) is 83.6 Å². The second-order valence-corrected chi connectivity index (χ2v) is 39.2. The molecule has 0 aliphatic heterocycles. The Morgan fingerprint density at radius 2 is 0.767 bits per heavy atom. The van der Waals surface area contributed by atoms with E-state index in [1.807, 2.05) is 133 Å². The molecule has 9 rings (SSSR count). The van der Waals surface area contributed by atoms with E-state index >= 15 is 0 Å². The fourth-order valence-corrected chi connectivity index (χ4v) is 13.5. The number of carbonyl (C=O) groups is 7. The zero-order valence-corrected chi connectivity index (χ0v) is 101. The van der Waals surface area contributed by atoms with Crippen LogP contribution in [0.3, 0.4) is 0 Å². The number of benzene rings is 6. The number of aromatic hydroxyl groups is 1. The Morgan fingerprint density at radius 3 is 1.01 bits per heavy atom. The van der Waals surface area contributed by atoms with Gasteiger partial charge in [-0.05, 0) is 385 Å². The molecule has 6 aromatic carbocycles. The maximum absolute atomic E-state index is 12.2. The summed E-state index contributed by atoms with van der Waals surface area (Å²) in [5.74, 6) is 11.9. The Balaban J connectivity index is -0.000000517. The summed E-state index contributed by atoms with van der Waals surface area (Å²) >= 11 is 14.1. The number of hydrogen-bond donors (Lipinski definition) is 11. The predicted octanol–water partition coefficient (Wildman–Crippen LogP) is 13.2. The van der Waals surface area contributed by atoms with E-state index in [2.05, 4.69) is 150 Å². The van der Waals surface area contributed by atoms with Crippen LogP contribution in [0.5, 0.6) is 34.5 Å². The summed E-state index contributed by atoms with van der Waals surface area (Å²) in [7, 11) is 0. The predicted molar refractivity (Wildman–Crippen MR) is 563 cm³/mol. The minimum atomic E-state index is -4.91. The molecule has 0 unspecified atom stereocenters. The molecule has 3 saturated carbocycles. The maximum Gasteiger partial charge on any atom is 1.00 e. The van der Waals surface area contributed by atoms with Crippen LogP contribution in [0.4, 0.5) is 49.1 Å². The molecule has 3 aliphatic rings. The van der Waals surface area contributed by atoms with Gasteiger partial charge in [0.05, 0.1) is 39.0 Å². The van der Waals surface area contributed by atoms with Crippen LogP contribution in [0.25, 0.3) is 0 Å². The third kappa shape index (κ3) is 81.1. The molecule has 3 aliphatic carbocycles. The number of rotatable bonds is 24. The van der Waals surface area contributed by atoms with Crippen molar-refractivity contribution >= 4 is 145 Å². The number of aliphatic hydroxyl groups excluding tert-OH is 1. The van der Waals surface area contributed by atoms with Crippen molar-refractivity contribution < 1.29 is 256 Å². The van der Waals surface area contributed by atoms with Crippen molar-refractivity contribution in [3.05, 3.63) is 171 Å². The van der Waals surface area contributed by atoms with Gasteiger partial charge in [0.2, 0.25) is 0 Å². The average Bonchev–Trinajstić information content (AvgIpc) is 0.861. The zero-order valence-electron chi connectivity index (χ0n) is 86.2. The molecule has 0 aromatic heterocycles. The Labute approximate surface area is 997 Å². The maximum atomic E-state index is 12.2. The first-order valence-corrected chi connectivity index (χ1v) is 50.2. The number of amides is 4. The molecule has 808 valence electrons. The molecule has 6 atom stereocenters. The number of hydrogen-bond acceptors (Lipinski definition) is 25. The van der Waals surface area contributed by atoms with E-state index < -0.39 is 94.8 Å². The molecule has 0 bridgehead atoms. The topological polar surface area (TPSA) is 422 Å². The van der Waals surface area contributed by atoms with Crippen molar-refractivity contribution in [3.63, 3.8) is 0 Å². The number of nitrogens with one attached hydrogen (secondary N) is 5. The largest absolute Gasteiger partial charge is 1.00 e. The molecule has 0 saturated heterocycles. The molecule has 0 heterocycles. The van der Waals surface area contributed by atoms with E-state index in [-0.39, 0.29) is 161 Å². The van der Waals surface area contributed by atoms with Crippen LogP contribution >= 0.6 is 102 Å². The molecule has 0 radical (unpaired) electrons. The molecule has 12 N–H and O–H groups in total. The fraction of sp³-hybridized carbons (Fsp3) is 0.515. The Bertz CT molecular complexity index is 4870. The standard InChI is InChI=1S/C19H22F3NO3.C17H23NO2.C14H20INO3.C11H11F3INO2.C9H11ClINO.C8H17NO3.C8H12O.C6H5IO.C4H5F3O2.C4H8O2.CH2O3.2K.H/c1-14(13-23-17(24)19(20,21)22)26-16-7-5-6-15(12-16)8-11-18(25)9-3-2-4-10-18;1-14(13-18)20-16-7-5-6-15(12-16)8-11-17(19)9-3-2-4-10-17;1-10(9-16-13(17)19-14(2,3)4)18-12-7-5-6-11(15)8-12;1-7(6-16-10(17)11(12,13)14)18-9-4-2-3-8(15)5-9;1-7(6-12-10)13-9-4-2-3-8(11)5-9;1-6(10)5-9-7(11)12-8(2,3)4;1-2-8(9)6-4-3-5-7-8;7-5-2-1-3-6(8)4-5;1-2-9-3(8)4(5,6)7;1-3-6-4(2)5;2-1-4-3;;;/h5-7,12,14,25H,2-4,9-10,13H2,1H3,(H,23,24);5-7,12,14,19H,2-4,9-10,13,18H2,1H3;5-8,10H,9H2,1-4H3,(H,16,17);2-5,7H,6H2,1H3,(H,16,17);2-5,7,12H,6H2,1H3;6,10H,5H2,1-4H3,(H,9,11);1,9H,3-7H2;1-4,8H;2H2,1H3;3H2,1-2H3;1,3H;;;/q;;;;;;;;;;;2*+1;-1/p-1/t2*14-;10-;2*7-;6-;;;;;;;;/m000001......../s1. The number of alkyl carbamates (subject to hydrolysis) is 2. The summed E-state index contributed by atoms with van der Waals surface area (Å²) in [5, 5.41) is 64.9. The summed E-state index contributed by atoms with van der Waals surface area (Å²) in [5.41, 5.74) is 3.58. The normalized spacial score (nSPS) is 14.4. The van der Waals surface area contributed by atoms with Crippen LogP contribution in [0.1, 0.15) is 213 Å². The van der Waals surface area contributed by atoms with Crippen molar-refractivity contribution in [1.29, 1.82) is 0 Å².